The molecule has 6 heteroatoms. The van der Waals surface area contributed by atoms with Crippen LogP contribution in [0.3, 0.4) is 0 Å². The monoisotopic (exact) mass is 373 g/mol. The van der Waals surface area contributed by atoms with Gasteiger partial charge in [-0.15, -0.1) is 0 Å². The van der Waals surface area contributed by atoms with Crippen LogP contribution in [0.15, 0.2) is 24.3 Å². The zero-order chi connectivity index (χ0) is 20.2. The first-order chi connectivity index (χ1) is 12.6. The molecular weight excluding hydrogens is 342 g/mol. The lowest BCUT2D eigenvalue weighted by Crippen LogP contribution is -2.47. The molecule has 1 saturated heterocycles. The number of benzene rings is 1. The topological polar surface area (TPSA) is 69.7 Å². The summed E-state index contributed by atoms with van der Waals surface area (Å²) in [5, 5.41) is 2.81. The van der Waals surface area contributed by atoms with Crippen LogP contribution in [0.2, 0.25) is 0 Å². The minimum atomic E-state index is -0.401. The van der Waals surface area contributed by atoms with E-state index in [4.69, 9.17) is 0 Å². The standard InChI is InChI=1S/C21H31N3O3/c1-15-6-8-17(9-7-15)22-18(25)14-23(5)19(26)16-10-12-24(13-11-16)20(27)21(2,3)4/h6-9,16H,10-14H2,1-5H3,(H,22,25). The predicted octanol–water partition coefficient (Wildman–Crippen LogP) is 2.68. The molecule has 0 radical (unpaired) electrons. The van der Waals surface area contributed by atoms with Crippen molar-refractivity contribution in [3.8, 4) is 0 Å². The number of rotatable bonds is 4. The molecule has 6 nitrogen and oxygen atoms in total. The van der Waals surface area contributed by atoms with Crippen molar-refractivity contribution in [3.63, 3.8) is 0 Å². The van der Waals surface area contributed by atoms with Crippen LogP contribution >= 0.6 is 0 Å². The van der Waals surface area contributed by atoms with Crippen molar-refractivity contribution in [3.05, 3.63) is 29.8 Å². The number of piperidine rings is 1. The Bertz CT molecular complexity index is 684. The highest BCUT2D eigenvalue weighted by molar-refractivity contribution is 5.94. The van der Waals surface area contributed by atoms with Crippen LogP contribution in [0.4, 0.5) is 5.69 Å². The lowest BCUT2D eigenvalue weighted by Gasteiger charge is -2.36. The summed E-state index contributed by atoms with van der Waals surface area (Å²) >= 11 is 0. The molecule has 1 N–H and O–H groups in total. The summed E-state index contributed by atoms with van der Waals surface area (Å²) in [5.74, 6) is -0.252. The summed E-state index contributed by atoms with van der Waals surface area (Å²) in [6.07, 6.45) is 1.29. The Hall–Kier alpha value is -2.37. The molecule has 1 aliphatic rings. The first kappa shape index (κ1) is 20.9. The molecule has 0 bridgehead atoms. The fourth-order valence-electron chi connectivity index (χ4n) is 3.25. The highest BCUT2D eigenvalue weighted by Crippen LogP contribution is 2.24. The van der Waals surface area contributed by atoms with Gasteiger partial charge in [0.15, 0.2) is 0 Å². The number of hydrogen-bond donors (Lipinski definition) is 1. The molecule has 0 aliphatic carbocycles. The minimum absolute atomic E-state index is 0.0217. The van der Waals surface area contributed by atoms with Crippen LogP contribution in [0.1, 0.15) is 39.2 Å². The Morgan fingerprint density at radius 2 is 1.67 bits per heavy atom. The summed E-state index contributed by atoms with van der Waals surface area (Å²) in [6.45, 7) is 8.92. The number of aryl methyl sites for hydroxylation is 1. The molecule has 1 aromatic rings. The zero-order valence-corrected chi connectivity index (χ0v) is 17.0. The summed E-state index contributed by atoms with van der Waals surface area (Å²) in [4.78, 5) is 40.5. The minimum Gasteiger partial charge on any atom is -0.342 e. The molecule has 0 spiro atoms. The molecule has 148 valence electrons. The molecule has 1 heterocycles. The van der Waals surface area contributed by atoms with E-state index in [1.165, 1.54) is 4.90 Å². The lowest BCUT2D eigenvalue weighted by molar-refractivity contribution is -0.144. The third kappa shape index (κ3) is 5.81. The Morgan fingerprint density at radius 1 is 1.11 bits per heavy atom. The van der Waals surface area contributed by atoms with Gasteiger partial charge in [0, 0.05) is 37.2 Å². The van der Waals surface area contributed by atoms with E-state index in [0.717, 1.165) is 11.3 Å². The third-order valence-electron chi connectivity index (χ3n) is 4.87. The van der Waals surface area contributed by atoms with E-state index >= 15 is 0 Å². The zero-order valence-electron chi connectivity index (χ0n) is 17.0. The summed E-state index contributed by atoms with van der Waals surface area (Å²) in [5.41, 5.74) is 1.44. The van der Waals surface area contributed by atoms with E-state index in [2.05, 4.69) is 5.32 Å². The van der Waals surface area contributed by atoms with Crippen molar-refractivity contribution in [1.29, 1.82) is 0 Å². The normalized spacial score (nSPS) is 15.4. The number of hydrogen-bond acceptors (Lipinski definition) is 3. The van der Waals surface area contributed by atoms with Crippen LogP contribution in [0.25, 0.3) is 0 Å². The van der Waals surface area contributed by atoms with E-state index in [9.17, 15) is 14.4 Å². The van der Waals surface area contributed by atoms with E-state index in [0.29, 0.717) is 25.9 Å². The number of likely N-dealkylation sites (tertiary alicyclic amines) is 1. The second-order valence-corrected chi connectivity index (χ2v) is 8.42. The van der Waals surface area contributed by atoms with Crippen LogP contribution in [0, 0.1) is 18.3 Å². The molecule has 0 unspecified atom stereocenters. The number of nitrogens with zero attached hydrogens (tertiary/aromatic N) is 2. The fourth-order valence-corrected chi connectivity index (χ4v) is 3.25. The van der Waals surface area contributed by atoms with Crippen molar-refractivity contribution in [2.45, 2.75) is 40.5 Å². The first-order valence-electron chi connectivity index (χ1n) is 9.49. The molecular formula is C21H31N3O3. The van der Waals surface area contributed by atoms with E-state index in [1.54, 1.807) is 7.05 Å². The van der Waals surface area contributed by atoms with Crippen molar-refractivity contribution in [1.82, 2.24) is 9.80 Å². The number of carbonyl (C=O) groups excluding carboxylic acids is 3. The lowest BCUT2D eigenvalue weighted by atomic mass is 9.90. The number of nitrogens with one attached hydrogen (secondary N) is 1. The maximum Gasteiger partial charge on any atom is 0.243 e. The van der Waals surface area contributed by atoms with Crippen LogP contribution in [-0.4, -0.2) is 54.2 Å². The average molecular weight is 373 g/mol. The number of amides is 3. The van der Waals surface area contributed by atoms with Gasteiger partial charge in [0.1, 0.15) is 0 Å². The molecule has 27 heavy (non-hydrogen) atoms. The van der Waals surface area contributed by atoms with Gasteiger partial charge < -0.3 is 15.1 Å². The highest BCUT2D eigenvalue weighted by atomic mass is 16.2. The van der Waals surface area contributed by atoms with Gasteiger partial charge in [-0.25, -0.2) is 0 Å². The summed E-state index contributed by atoms with van der Waals surface area (Å²) in [7, 11) is 1.66. The van der Waals surface area contributed by atoms with Gasteiger partial charge in [0.25, 0.3) is 0 Å². The number of carbonyl (C=O) groups is 3. The Balaban J connectivity index is 1.82. The van der Waals surface area contributed by atoms with Crippen LogP contribution < -0.4 is 5.32 Å². The second-order valence-electron chi connectivity index (χ2n) is 8.42. The molecule has 3 amide bonds. The highest BCUT2D eigenvalue weighted by Gasteiger charge is 2.33. The van der Waals surface area contributed by atoms with Crippen molar-refractivity contribution in [2.75, 3.05) is 32.0 Å². The number of likely N-dealkylation sites (N-methyl/N-ethyl adjacent to an activating group) is 1. The Morgan fingerprint density at radius 3 is 2.19 bits per heavy atom. The fraction of sp³-hybridized carbons (Fsp3) is 0.571. The van der Waals surface area contributed by atoms with Crippen LogP contribution in [0.5, 0.6) is 0 Å². The smallest absolute Gasteiger partial charge is 0.243 e. The van der Waals surface area contributed by atoms with Gasteiger partial charge in [0.2, 0.25) is 17.7 Å². The largest absolute Gasteiger partial charge is 0.342 e. The molecule has 0 atom stereocenters. The molecule has 0 aromatic heterocycles. The van der Waals surface area contributed by atoms with Crippen molar-refractivity contribution < 1.29 is 14.4 Å². The van der Waals surface area contributed by atoms with Gasteiger partial charge in [-0.1, -0.05) is 38.5 Å². The second kappa shape index (κ2) is 8.55. The Kier molecular flexibility index (Phi) is 6.63. The van der Waals surface area contributed by atoms with Gasteiger partial charge >= 0.3 is 0 Å². The first-order valence-corrected chi connectivity index (χ1v) is 9.49. The van der Waals surface area contributed by atoms with Crippen molar-refractivity contribution >= 4 is 23.4 Å². The number of anilines is 1. The Labute approximate surface area is 161 Å². The maximum absolute atomic E-state index is 12.6. The molecule has 0 saturated carbocycles. The van der Waals surface area contributed by atoms with E-state index < -0.39 is 5.41 Å². The van der Waals surface area contributed by atoms with Gasteiger partial charge in [-0.2, -0.15) is 0 Å². The summed E-state index contributed by atoms with van der Waals surface area (Å²) in [6, 6.07) is 7.54. The van der Waals surface area contributed by atoms with E-state index in [1.807, 2.05) is 56.9 Å². The molecule has 1 aliphatic heterocycles. The summed E-state index contributed by atoms with van der Waals surface area (Å²) < 4.78 is 0. The van der Waals surface area contributed by atoms with E-state index in [-0.39, 0.29) is 30.2 Å². The molecule has 1 fully saturated rings. The SMILES string of the molecule is Cc1ccc(NC(=O)CN(C)C(=O)C2CCN(C(=O)C(C)(C)C)CC2)cc1. The molecule has 2 rings (SSSR count). The average Bonchev–Trinajstić information content (AvgIpc) is 2.61. The third-order valence-corrected chi connectivity index (χ3v) is 4.87. The predicted molar refractivity (Wildman–Crippen MR) is 106 cm³/mol. The van der Waals surface area contributed by atoms with Gasteiger partial charge in [0.05, 0.1) is 6.54 Å². The molecule has 1 aromatic carbocycles. The van der Waals surface area contributed by atoms with Crippen LogP contribution in [-0.2, 0) is 14.4 Å². The van der Waals surface area contributed by atoms with Gasteiger partial charge in [-0.3, -0.25) is 14.4 Å². The maximum atomic E-state index is 12.6. The van der Waals surface area contributed by atoms with Crippen molar-refractivity contribution in [2.24, 2.45) is 11.3 Å². The quantitative estimate of drug-likeness (QED) is 0.882. The van der Waals surface area contributed by atoms with Gasteiger partial charge in [-0.05, 0) is 31.9 Å².